The second-order valence-electron chi connectivity index (χ2n) is 4.87. The number of halogens is 1. The van der Waals surface area contributed by atoms with Crippen LogP contribution in [-0.4, -0.2) is 26.2 Å². The van der Waals surface area contributed by atoms with Crippen LogP contribution in [0.3, 0.4) is 0 Å². The number of imidazole rings is 1. The molecule has 1 aromatic carbocycles. The van der Waals surface area contributed by atoms with Gasteiger partial charge >= 0.3 is 0 Å². The molecule has 0 aliphatic carbocycles. The molecule has 1 N–H and O–H groups in total. The Labute approximate surface area is 121 Å². The molecule has 0 aliphatic heterocycles. The Morgan fingerprint density at radius 3 is 2.81 bits per heavy atom. The molecule has 0 saturated heterocycles. The van der Waals surface area contributed by atoms with E-state index in [1.807, 2.05) is 22.8 Å². The highest BCUT2D eigenvalue weighted by Gasteiger charge is 2.13. The third-order valence-electron chi connectivity index (χ3n) is 3.43. The van der Waals surface area contributed by atoms with Crippen LogP contribution in [0.25, 0.3) is 11.2 Å². The van der Waals surface area contributed by atoms with Crippen molar-refractivity contribution < 1.29 is 9.50 Å². The van der Waals surface area contributed by atoms with Crippen molar-refractivity contribution in [2.75, 3.05) is 6.61 Å². The fourth-order valence-corrected chi connectivity index (χ4v) is 2.42. The Balaban J connectivity index is 2.02. The lowest BCUT2D eigenvalue weighted by atomic mass is 10.1. The zero-order valence-corrected chi connectivity index (χ0v) is 11.5. The number of hydrogen-bond donors (Lipinski definition) is 1. The maximum absolute atomic E-state index is 13.8. The molecule has 0 unspecified atom stereocenters. The van der Waals surface area contributed by atoms with Gasteiger partial charge in [0.15, 0.2) is 5.65 Å². The number of benzene rings is 1. The Morgan fingerprint density at radius 1 is 1.14 bits per heavy atom. The molecule has 0 bridgehead atoms. The lowest BCUT2D eigenvalue weighted by Gasteiger charge is -2.08. The molecule has 108 valence electrons. The molecule has 2 heterocycles. The van der Waals surface area contributed by atoms with E-state index in [9.17, 15) is 4.39 Å². The maximum atomic E-state index is 13.8. The smallest absolute Gasteiger partial charge is 0.159 e. The predicted octanol–water partition coefficient (Wildman–Crippen LogP) is 2.54. The first-order valence-corrected chi connectivity index (χ1v) is 6.94. The molecule has 3 aromatic rings. The van der Waals surface area contributed by atoms with Gasteiger partial charge in [-0.2, -0.15) is 0 Å². The quantitative estimate of drug-likeness (QED) is 0.783. The van der Waals surface area contributed by atoms with Crippen LogP contribution in [0.5, 0.6) is 0 Å². The lowest BCUT2D eigenvalue weighted by molar-refractivity contribution is 0.280. The largest absolute Gasteiger partial charge is 0.396 e. The van der Waals surface area contributed by atoms with Crippen LogP contribution in [0.15, 0.2) is 42.6 Å². The van der Waals surface area contributed by atoms with E-state index >= 15 is 0 Å². The minimum atomic E-state index is -0.230. The molecule has 0 aliphatic rings. The summed E-state index contributed by atoms with van der Waals surface area (Å²) < 4.78 is 15.8. The second kappa shape index (κ2) is 6.01. The number of aliphatic hydroxyl groups excluding tert-OH is 1. The third kappa shape index (κ3) is 2.78. The van der Waals surface area contributed by atoms with E-state index in [1.165, 1.54) is 6.07 Å². The van der Waals surface area contributed by atoms with Crippen LogP contribution in [0.2, 0.25) is 0 Å². The average molecular weight is 285 g/mol. The summed E-state index contributed by atoms with van der Waals surface area (Å²) in [5, 5.41) is 9.05. The molecule has 2 aromatic heterocycles. The summed E-state index contributed by atoms with van der Waals surface area (Å²) in [5.74, 6) is 0.536. The van der Waals surface area contributed by atoms with Crippen molar-refractivity contribution in [2.45, 2.75) is 19.4 Å². The Hall–Kier alpha value is -2.27. The summed E-state index contributed by atoms with van der Waals surface area (Å²) in [5.41, 5.74) is 2.18. The van der Waals surface area contributed by atoms with Gasteiger partial charge in [0.25, 0.3) is 0 Å². The average Bonchev–Trinajstić information content (AvgIpc) is 2.85. The van der Waals surface area contributed by atoms with Crippen LogP contribution in [0.1, 0.15) is 17.8 Å². The van der Waals surface area contributed by atoms with Gasteiger partial charge in [-0.25, -0.2) is 14.4 Å². The molecule has 0 amide bonds. The summed E-state index contributed by atoms with van der Waals surface area (Å²) in [6.45, 7) is 0.722. The van der Waals surface area contributed by atoms with Gasteiger partial charge in [0.2, 0.25) is 0 Å². The normalized spacial score (nSPS) is 11.1. The number of aromatic nitrogens is 3. The molecule has 0 radical (unpaired) electrons. The summed E-state index contributed by atoms with van der Waals surface area (Å²) in [6.07, 6.45) is 2.74. The molecule has 3 rings (SSSR count). The van der Waals surface area contributed by atoms with Gasteiger partial charge in [-0.15, -0.1) is 0 Å². The van der Waals surface area contributed by atoms with Gasteiger partial charge in [0.1, 0.15) is 17.2 Å². The summed E-state index contributed by atoms with van der Waals surface area (Å²) in [4.78, 5) is 8.90. The lowest BCUT2D eigenvalue weighted by Crippen LogP contribution is -2.07. The first-order chi connectivity index (χ1) is 10.3. The van der Waals surface area contributed by atoms with E-state index in [0.717, 1.165) is 17.0 Å². The fraction of sp³-hybridized carbons (Fsp3) is 0.250. The first-order valence-electron chi connectivity index (χ1n) is 6.94. The van der Waals surface area contributed by atoms with Gasteiger partial charge in [0, 0.05) is 25.8 Å². The van der Waals surface area contributed by atoms with Crippen molar-refractivity contribution in [3.05, 3.63) is 59.8 Å². The van der Waals surface area contributed by atoms with Crippen molar-refractivity contribution in [3.8, 4) is 0 Å². The molecule has 0 saturated carbocycles. The Bertz CT molecular complexity index is 754. The van der Waals surface area contributed by atoms with Gasteiger partial charge in [-0.3, -0.25) is 0 Å². The van der Waals surface area contributed by atoms with Crippen LogP contribution < -0.4 is 0 Å². The maximum Gasteiger partial charge on any atom is 0.159 e. The van der Waals surface area contributed by atoms with Gasteiger partial charge in [-0.05, 0) is 30.2 Å². The highest BCUT2D eigenvalue weighted by molar-refractivity contribution is 5.71. The van der Waals surface area contributed by atoms with E-state index in [-0.39, 0.29) is 12.4 Å². The third-order valence-corrected chi connectivity index (χ3v) is 3.43. The molecule has 0 fully saturated rings. The molecule has 5 heteroatoms. The molecular formula is C16H16FN3O. The Kier molecular flexibility index (Phi) is 3.92. The zero-order chi connectivity index (χ0) is 14.7. The van der Waals surface area contributed by atoms with E-state index < -0.39 is 0 Å². The van der Waals surface area contributed by atoms with Gasteiger partial charge < -0.3 is 9.67 Å². The molecule has 0 atom stereocenters. The molecular weight excluding hydrogens is 269 g/mol. The van der Waals surface area contributed by atoms with E-state index in [2.05, 4.69) is 9.97 Å². The summed E-state index contributed by atoms with van der Waals surface area (Å²) >= 11 is 0. The summed E-state index contributed by atoms with van der Waals surface area (Å²) in [6, 6.07) is 10.4. The number of aryl methyl sites for hydroxylation is 1. The van der Waals surface area contributed by atoms with Crippen molar-refractivity contribution >= 4 is 11.2 Å². The Morgan fingerprint density at radius 2 is 2.00 bits per heavy atom. The van der Waals surface area contributed by atoms with Crippen LogP contribution in [0.4, 0.5) is 4.39 Å². The molecule has 0 spiro atoms. The number of pyridine rings is 1. The van der Waals surface area contributed by atoms with Crippen molar-refractivity contribution in [1.29, 1.82) is 0 Å². The van der Waals surface area contributed by atoms with E-state index in [1.54, 1.807) is 18.3 Å². The van der Waals surface area contributed by atoms with Crippen LogP contribution in [-0.2, 0) is 13.0 Å². The van der Waals surface area contributed by atoms with Crippen molar-refractivity contribution in [3.63, 3.8) is 0 Å². The summed E-state index contributed by atoms with van der Waals surface area (Å²) in [7, 11) is 0. The molecule has 4 nitrogen and oxygen atoms in total. The highest BCUT2D eigenvalue weighted by atomic mass is 19.1. The SMILES string of the molecule is OCCCn1c(Cc2ccccc2F)nc2cccnc21. The number of hydrogen-bond acceptors (Lipinski definition) is 3. The van der Waals surface area contributed by atoms with Crippen LogP contribution in [0, 0.1) is 5.82 Å². The number of nitrogens with zero attached hydrogens (tertiary/aromatic N) is 3. The van der Waals surface area contributed by atoms with Crippen molar-refractivity contribution in [1.82, 2.24) is 14.5 Å². The second-order valence-corrected chi connectivity index (χ2v) is 4.87. The van der Waals surface area contributed by atoms with E-state index in [4.69, 9.17) is 5.11 Å². The topological polar surface area (TPSA) is 50.9 Å². The minimum absolute atomic E-state index is 0.103. The predicted molar refractivity (Wildman–Crippen MR) is 78.4 cm³/mol. The van der Waals surface area contributed by atoms with Crippen LogP contribution >= 0.6 is 0 Å². The molecule has 21 heavy (non-hydrogen) atoms. The zero-order valence-electron chi connectivity index (χ0n) is 11.5. The number of aliphatic hydroxyl groups is 1. The monoisotopic (exact) mass is 285 g/mol. The fourth-order valence-electron chi connectivity index (χ4n) is 2.42. The number of rotatable bonds is 5. The van der Waals surface area contributed by atoms with E-state index in [0.29, 0.717) is 24.9 Å². The standard InChI is InChI=1S/C16H16FN3O/c17-13-6-2-1-5-12(13)11-15-19-14-7-3-8-18-16(14)20(15)9-4-10-21/h1-3,5-8,21H,4,9-11H2. The highest BCUT2D eigenvalue weighted by Crippen LogP contribution is 2.18. The van der Waals surface area contributed by atoms with Gasteiger partial charge in [0.05, 0.1) is 0 Å². The van der Waals surface area contributed by atoms with Crippen molar-refractivity contribution in [2.24, 2.45) is 0 Å². The van der Waals surface area contributed by atoms with Gasteiger partial charge in [-0.1, -0.05) is 18.2 Å². The minimum Gasteiger partial charge on any atom is -0.396 e. The first kappa shape index (κ1) is 13.7. The number of fused-ring (bicyclic) bond motifs is 1.